The van der Waals surface area contributed by atoms with Crippen LogP contribution >= 0.6 is 0 Å². The summed E-state index contributed by atoms with van der Waals surface area (Å²) in [5.41, 5.74) is 1.78. The molecule has 2 rings (SSSR count). The number of nitrogens with zero attached hydrogens (tertiary/aromatic N) is 1. The van der Waals surface area contributed by atoms with Gasteiger partial charge in [-0.1, -0.05) is 24.3 Å². The monoisotopic (exact) mass is 144 g/mol. The highest BCUT2D eigenvalue weighted by Gasteiger charge is 1.97. The maximum absolute atomic E-state index is 4.84. The molecule has 53 valence electrons. The molecule has 0 atom stereocenters. The Morgan fingerprint density at radius 2 is 2.36 bits per heavy atom. The number of aromatic nitrogens is 1. The summed E-state index contributed by atoms with van der Waals surface area (Å²) in [6.45, 7) is 0. The maximum Gasteiger partial charge on any atom is 0.181 e. The Morgan fingerprint density at radius 3 is 3.00 bits per heavy atom. The zero-order chi connectivity index (χ0) is 7.52. The normalized spacial score (nSPS) is 9.82. The summed E-state index contributed by atoms with van der Waals surface area (Å²) in [5, 5.41) is 0. The smallest absolute Gasteiger partial charge is 0.181 e. The predicted octanol–water partition coefficient (Wildman–Crippen LogP) is 2.14. The minimum atomic E-state index is 0.825. The maximum atomic E-state index is 4.84. The van der Waals surface area contributed by atoms with E-state index in [-0.39, 0.29) is 0 Å². The molecule has 0 unspecified atom stereocenters. The van der Waals surface area contributed by atoms with Crippen LogP contribution in [-0.4, -0.2) is 4.98 Å². The molecule has 0 aliphatic rings. The van der Waals surface area contributed by atoms with Crippen LogP contribution in [0.2, 0.25) is 0 Å². The van der Waals surface area contributed by atoms with Crippen LogP contribution in [0.5, 0.6) is 0 Å². The van der Waals surface area contributed by atoms with Gasteiger partial charge < -0.3 is 4.42 Å². The Balaban J connectivity index is 2.46. The largest absolute Gasteiger partial charge is 0.451 e. The summed E-state index contributed by atoms with van der Waals surface area (Å²) in [7, 11) is 0. The number of hydrogen-bond acceptors (Lipinski definition) is 2. The second kappa shape index (κ2) is 2.58. The van der Waals surface area contributed by atoms with Crippen molar-refractivity contribution in [1.82, 2.24) is 4.98 Å². The highest BCUT2D eigenvalue weighted by molar-refractivity contribution is 5.55. The van der Waals surface area contributed by atoms with E-state index in [9.17, 15) is 0 Å². The molecule has 0 saturated carbocycles. The van der Waals surface area contributed by atoms with Crippen LogP contribution < -0.4 is 0 Å². The molecule has 0 saturated heterocycles. The van der Waals surface area contributed by atoms with Crippen LogP contribution in [0.25, 0.3) is 11.3 Å². The van der Waals surface area contributed by atoms with Crippen molar-refractivity contribution in [2.45, 2.75) is 0 Å². The Bertz CT molecular complexity index is 313. The Labute approximate surface area is 64.5 Å². The molecule has 2 nitrogen and oxygen atoms in total. The Kier molecular flexibility index (Phi) is 1.44. The van der Waals surface area contributed by atoms with E-state index in [1.165, 1.54) is 6.39 Å². The first-order valence-electron chi connectivity index (χ1n) is 3.32. The molecular weight excluding hydrogens is 138 g/mol. The third kappa shape index (κ3) is 1.15. The molecule has 1 heterocycles. The minimum absolute atomic E-state index is 0.825. The summed E-state index contributed by atoms with van der Waals surface area (Å²) < 4.78 is 4.84. The second-order valence-corrected chi connectivity index (χ2v) is 2.15. The first-order valence-corrected chi connectivity index (χ1v) is 3.32. The van der Waals surface area contributed by atoms with Crippen molar-refractivity contribution >= 4 is 0 Å². The van der Waals surface area contributed by atoms with Gasteiger partial charge in [0.25, 0.3) is 0 Å². The van der Waals surface area contributed by atoms with Gasteiger partial charge in [0.1, 0.15) is 12.0 Å². The van der Waals surface area contributed by atoms with Gasteiger partial charge in [0.05, 0.1) is 0 Å². The zero-order valence-electron chi connectivity index (χ0n) is 5.82. The van der Waals surface area contributed by atoms with Gasteiger partial charge in [0, 0.05) is 5.56 Å². The molecule has 11 heavy (non-hydrogen) atoms. The standard InChI is InChI=1S/C9H6NO/c1-2-4-8(5-3-1)9-6-11-7-10-9/h1-4,6-7H. The van der Waals surface area contributed by atoms with E-state index in [4.69, 9.17) is 4.42 Å². The molecule has 2 aromatic rings. The molecular formula is C9H6NO. The van der Waals surface area contributed by atoms with E-state index < -0.39 is 0 Å². The van der Waals surface area contributed by atoms with E-state index in [0.717, 1.165) is 11.3 Å². The van der Waals surface area contributed by atoms with Crippen molar-refractivity contribution in [1.29, 1.82) is 0 Å². The Hall–Kier alpha value is -1.57. The SMILES string of the molecule is [c]1ccccc1-c1cocn1. The summed E-state index contributed by atoms with van der Waals surface area (Å²) in [4.78, 5) is 3.99. The minimum Gasteiger partial charge on any atom is -0.451 e. The summed E-state index contributed by atoms with van der Waals surface area (Å²) in [6.07, 6.45) is 3.02. The highest BCUT2D eigenvalue weighted by atomic mass is 16.3. The third-order valence-electron chi connectivity index (χ3n) is 1.42. The molecule has 0 aliphatic heterocycles. The van der Waals surface area contributed by atoms with Crippen LogP contribution in [0.15, 0.2) is 41.3 Å². The van der Waals surface area contributed by atoms with E-state index in [0.29, 0.717) is 0 Å². The van der Waals surface area contributed by atoms with Gasteiger partial charge in [0.15, 0.2) is 6.39 Å². The average Bonchev–Trinajstić information content (AvgIpc) is 2.58. The first kappa shape index (κ1) is 6.16. The third-order valence-corrected chi connectivity index (χ3v) is 1.42. The van der Waals surface area contributed by atoms with Crippen LogP contribution in [0.4, 0.5) is 0 Å². The van der Waals surface area contributed by atoms with Crippen molar-refractivity contribution in [3.05, 3.63) is 43.0 Å². The molecule has 2 heteroatoms. The van der Waals surface area contributed by atoms with Gasteiger partial charge in [-0.15, -0.1) is 0 Å². The summed E-state index contributed by atoms with van der Waals surface area (Å²) in [5.74, 6) is 0. The van der Waals surface area contributed by atoms with Crippen molar-refractivity contribution in [2.24, 2.45) is 0 Å². The number of rotatable bonds is 1. The number of benzene rings is 1. The molecule has 0 amide bonds. The van der Waals surface area contributed by atoms with Crippen LogP contribution in [0.3, 0.4) is 0 Å². The quantitative estimate of drug-likeness (QED) is 0.612. The van der Waals surface area contributed by atoms with Crippen LogP contribution in [0.1, 0.15) is 0 Å². The van der Waals surface area contributed by atoms with Crippen molar-refractivity contribution in [3.8, 4) is 11.3 Å². The van der Waals surface area contributed by atoms with Crippen molar-refractivity contribution in [3.63, 3.8) is 0 Å². The first-order chi connectivity index (χ1) is 5.47. The lowest BCUT2D eigenvalue weighted by Gasteiger charge is -1.90. The lowest BCUT2D eigenvalue weighted by Crippen LogP contribution is -1.74. The summed E-state index contributed by atoms with van der Waals surface area (Å²) >= 11 is 0. The van der Waals surface area contributed by atoms with Gasteiger partial charge in [-0.2, -0.15) is 0 Å². The molecule has 1 aromatic carbocycles. The second-order valence-electron chi connectivity index (χ2n) is 2.15. The lowest BCUT2D eigenvalue weighted by atomic mass is 10.2. The van der Waals surface area contributed by atoms with E-state index in [1.807, 2.05) is 24.3 Å². The number of hydrogen-bond donors (Lipinski definition) is 0. The van der Waals surface area contributed by atoms with Crippen molar-refractivity contribution < 1.29 is 4.42 Å². The van der Waals surface area contributed by atoms with E-state index in [2.05, 4.69) is 11.1 Å². The van der Waals surface area contributed by atoms with Gasteiger partial charge in [-0.25, -0.2) is 4.98 Å². The topological polar surface area (TPSA) is 26.0 Å². The lowest BCUT2D eigenvalue weighted by molar-refractivity contribution is 0.558. The molecule has 1 radical (unpaired) electrons. The van der Waals surface area contributed by atoms with Gasteiger partial charge in [0.2, 0.25) is 0 Å². The van der Waals surface area contributed by atoms with Gasteiger partial charge in [-0.05, 0) is 6.07 Å². The van der Waals surface area contributed by atoms with Crippen molar-refractivity contribution in [2.75, 3.05) is 0 Å². The zero-order valence-corrected chi connectivity index (χ0v) is 5.82. The molecule has 1 aromatic heterocycles. The fourth-order valence-corrected chi connectivity index (χ4v) is 0.898. The number of oxazole rings is 1. The van der Waals surface area contributed by atoms with Gasteiger partial charge >= 0.3 is 0 Å². The Morgan fingerprint density at radius 1 is 1.36 bits per heavy atom. The van der Waals surface area contributed by atoms with E-state index >= 15 is 0 Å². The van der Waals surface area contributed by atoms with E-state index in [1.54, 1.807) is 6.26 Å². The fraction of sp³-hybridized carbons (Fsp3) is 0. The highest BCUT2D eigenvalue weighted by Crippen LogP contribution is 2.14. The molecule has 0 aliphatic carbocycles. The van der Waals surface area contributed by atoms with Gasteiger partial charge in [-0.3, -0.25) is 0 Å². The summed E-state index contributed by atoms with van der Waals surface area (Å²) in [6, 6.07) is 10.7. The molecule has 0 fully saturated rings. The van der Waals surface area contributed by atoms with Crippen LogP contribution in [-0.2, 0) is 0 Å². The molecule has 0 bridgehead atoms. The average molecular weight is 144 g/mol. The van der Waals surface area contributed by atoms with Crippen LogP contribution in [0, 0.1) is 6.07 Å². The molecule has 0 spiro atoms. The molecule has 0 N–H and O–H groups in total. The predicted molar refractivity (Wildman–Crippen MR) is 40.8 cm³/mol. The fourth-order valence-electron chi connectivity index (χ4n) is 0.898.